The van der Waals surface area contributed by atoms with Crippen molar-refractivity contribution in [3.63, 3.8) is 0 Å². The normalized spacial score (nSPS) is 13.4. The topological polar surface area (TPSA) is 43.4 Å². The molecule has 0 N–H and O–H groups in total. The molecule has 96 valence electrons. The molecule has 0 radical (unpaired) electrons. The number of rotatable bonds is 5. The minimum atomic E-state index is -3.09. The van der Waals surface area contributed by atoms with E-state index in [0.717, 1.165) is 15.8 Å². The van der Waals surface area contributed by atoms with Crippen molar-refractivity contribution >= 4 is 37.4 Å². The molecule has 6 heteroatoms. The lowest BCUT2D eigenvalue weighted by atomic mass is 10.1. The molecule has 0 saturated heterocycles. The monoisotopic (exact) mass is 340 g/mol. The third-order valence-electron chi connectivity index (χ3n) is 2.07. The zero-order chi connectivity index (χ0) is 13.1. The molecule has 0 aliphatic rings. The van der Waals surface area contributed by atoms with E-state index in [1.165, 1.54) is 6.26 Å². The van der Waals surface area contributed by atoms with E-state index in [0.29, 0.717) is 6.61 Å². The first-order valence-electron chi connectivity index (χ1n) is 5.07. The van der Waals surface area contributed by atoms with Gasteiger partial charge in [-0.1, -0.05) is 22.0 Å². The summed E-state index contributed by atoms with van der Waals surface area (Å²) in [6.07, 6.45) is 1.17. The second-order valence-electron chi connectivity index (χ2n) is 3.68. The number of hydrogen-bond acceptors (Lipinski definition) is 3. The van der Waals surface area contributed by atoms with Crippen molar-refractivity contribution in [3.8, 4) is 5.75 Å². The van der Waals surface area contributed by atoms with Crippen LogP contribution in [0.5, 0.6) is 5.75 Å². The molecular weight excluding hydrogens is 328 g/mol. The number of halogens is 2. The maximum Gasteiger partial charge on any atom is 0.149 e. The first kappa shape index (κ1) is 14.8. The lowest BCUT2D eigenvalue weighted by molar-refractivity contribution is 0.340. The van der Waals surface area contributed by atoms with Crippen LogP contribution in [-0.2, 0) is 9.84 Å². The van der Waals surface area contributed by atoms with Gasteiger partial charge < -0.3 is 4.74 Å². The molecule has 0 bridgehead atoms. The van der Waals surface area contributed by atoms with E-state index in [1.54, 1.807) is 18.2 Å². The molecule has 0 spiro atoms. The van der Waals surface area contributed by atoms with E-state index in [9.17, 15) is 8.42 Å². The zero-order valence-corrected chi connectivity index (χ0v) is 12.8. The Bertz CT molecular complexity index is 487. The maximum atomic E-state index is 11.2. The van der Waals surface area contributed by atoms with E-state index in [2.05, 4.69) is 15.9 Å². The summed E-state index contributed by atoms with van der Waals surface area (Å²) in [5.41, 5.74) is 0.751. The molecule has 0 aromatic heterocycles. The molecule has 3 nitrogen and oxygen atoms in total. The van der Waals surface area contributed by atoms with Crippen molar-refractivity contribution < 1.29 is 13.2 Å². The fraction of sp³-hybridized carbons (Fsp3) is 0.455. The molecule has 1 aromatic carbocycles. The Labute approximate surface area is 115 Å². The van der Waals surface area contributed by atoms with Crippen LogP contribution in [0.1, 0.15) is 17.9 Å². The highest BCUT2D eigenvalue weighted by Crippen LogP contribution is 2.32. The minimum Gasteiger partial charge on any atom is -0.494 e. The summed E-state index contributed by atoms with van der Waals surface area (Å²) < 4.78 is 28.4. The highest BCUT2D eigenvalue weighted by atomic mass is 79.9. The zero-order valence-electron chi connectivity index (χ0n) is 9.61. The molecule has 1 aromatic rings. The van der Waals surface area contributed by atoms with Gasteiger partial charge in [0.15, 0.2) is 0 Å². The lowest BCUT2D eigenvalue weighted by Crippen LogP contribution is -2.09. The van der Waals surface area contributed by atoms with Crippen LogP contribution in [0.15, 0.2) is 22.7 Å². The van der Waals surface area contributed by atoms with Crippen molar-refractivity contribution in [2.75, 3.05) is 18.6 Å². The Balaban J connectivity index is 2.92. The van der Waals surface area contributed by atoms with Crippen LogP contribution in [0.2, 0.25) is 0 Å². The van der Waals surface area contributed by atoms with Gasteiger partial charge in [0.05, 0.1) is 17.7 Å². The summed E-state index contributed by atoms with van der Waals surface area (Å²) >= 11 is 9.44. The second-order valence-corrected chi connectivity index (χ2v) is 7.24. The van der Waals surface area contributed by atoms with Crippen molar-refractivity contribution in [2.45, 2.75) is 12.3 Å². The standard InChI is InChI=1S/C11H14BrClO3S/c1-3-16-8-4-5-9(10(12)6-8)11(13)7-17(2,14)15/h4-6,11H,3,7H2,1-2H3. The molecule has 0 saturated carbocycles. The number of ether oxygens (including phenoxy) is 1. The minimum absolute atomic E-state index is 0.0822. The van der Waals surface area contributed by atoms with Gasteiger partial charge in [-0.05, 0) is 24.6 Å². The molecule has 0 aliphatic heterocycles. The maximum absolute atomic E-state index is 11.2. The van der Waals surface area contributed by atoms with Gasteiger partial charge in [0.2, 0.25) is 0 Å². The number of benzene rings is 1. The fourth-order valence-corrected chi connectivity index (χ4v) is 3.73. The smallest absolute Gasteiger partial charge is 0.149 e. The third-order valence-corrected chi connectivity index (χ3v) is 4.27. The van der Waals surface area contributed by atoms with Gasteiger partial charge in [0, 0.05) is 10.7 Å². The first-order valence-corrected chi connectivity index (χ1v) is 8.36. The quantitative estimate of drug-likeness (QED) is 0.773. The van der Waals surface area contributed by atoms with Crippen LogP contribution in [-0.4, -0.2) is 27.0 Å². The number of sulfone groups is 1. The van der Waals surface area contributed by atoms with Crippen LogP contribution in [0, 0.1) is 0 Å². The fourth-order valence-electron chi connectivity index (χ4n) is 1.37. The Morgan fingerprint density at radius 1 is 1.47 bits per heavy atom. The predicted octanol–water partition coefficient (Wildman–Crippen LogP) is 3.17. The molecule has 0 fully saturated rings. The van der Waals surface area contributed by atoms with E-state index >= 15 is 0 Å². The number of alkyl halides is 1. The number of hydrogen-bond donors (Lipinski definition) is 0. The summed E-state index contributed by atoms with van der Waals surface area (Å²) in [7, 11) is -3.09. The molecular formula is C11H14BrClO3S. The molecule has 17 heavy (non-hydrogen) atoms. The van der Waals surface area contributed by atoms with E-state index in [-0.39, 0.29) is 5.75 Å². The van der Waals surface area contributed by atoms with Gasteiger partial charge >= 0.3 is 0 Å². The van der Waals surface area contributed by atoms with Crippen molar-refractivity contribution in [1.82, 2.24) is 0 Å². The van der Waals surface area contributed by atoms with Gasteiger partial charge in [-0.25, -0.2) is 8.42 Å². The average molecular weight is 342 g/mol. The van der Waals surface area contributed by atoms with Gasteiger partial charge in [0.1, 0.15) is 15.6 Å². The average Bonchev–Trinajstić information content (AvgIpc) is 2.15. The van der Waals surface area contributed by atoms with Crippen molar-refractivity contribution in [1.29, 1.82) is 0 Å². The van der Waals surface area contributed by atoms with E-state index in [1.807, 2.05) is 6.92 Å². The predicted molar refractivity (Wildman–Crippen MR) is 73.6 cm³/mol. The summed E-state index contributed by atoms with van der Waals surface area (Å²) in [5, 5.41) is -0.560. The second kappa shape index (κ2) is 6.07. The summed E-state index contributed by atoms with van der Waals surface area (Å²) in [6, 6.07) is 5.34. The third kappa shape index (κ3) is 4.85. The van der Waals surface area contributed by atoms with Crippen LogP contribution in [0.4, 0.5) is 0 Å². The summed E-state index contributed by atoms with van der Waals surface area (Å²) in [6.45, 7) is 2.48. The molecule has 1 rings (SSSR count). The Hall–Kier alpha value is -0.260. The van der Waals surface area contributed by atoms with E-state index in [4.69, 9.17) is 16.3 Å². The van der Waals surface area contributed by atoms with Crippen LogP contribution in [0.3, 0.4) is 0 Å². The van der Waals surface area contributed by atoms with Crippen LogP contribution in [0.25, 0.3) is 0 Å². The molecule has 0 heterocycles. The molecule has 0 amide bonds. The summed E-state index contributed by atoms with van der Waals surface area (Å²) in [4.78, 5) is 0. The van der Waals surface area contributed by atoms with Crippen molar-refractivity contribution in [2.24, 2.45) is 0 Å². The largest absolute Gasteiger partial charge is 0.494 e. The Morgan fingerprint density at radius 3 is 2.59 bits per heavy atom. The van der Waals surface area contributed by atoms with Crippen molar-refractivity contribution in [3.05, 3.63) is 28.2 Å². The highest BCUT2D eigenvalue weighted by molar-refractivity contribution is 9.10. The van der Waals surface area contributed by atoms with Gasteiger partial charge in [0.25, 0.3) is 0 Å². The van der Waals surface area contributed by atoms with E-state index < -0.39 is 15.2 Å². The van der Waals surface area contributed by atoms with Crippen LogP contribution >= 0.6 is 27.5 Å². The Kier molecular flexibility index (Phi) is 5.28. The molecule has 1 atom stereocenters. The molecule has 1 unspecified atom stereocenters. The SMILES string of the molecule is CCOc1ccc(C(Cl)CS(C)(=O)=O)c(Br)c1. The van der Waals surface area contributed by atoms with Gasteiger partial charge in [-0.2, -0.15) is 0 Å². The van der Waals surface area contributed by atoms with Gasteiger partial charge in [-0.15, -0.1) is 11.6 Å². The Morgan fingerprint density at radius 2 is 2.12 bits per heavy atom. The summed E-state index contributed by atoms with van der Waals surface area (Å²) in [5.74, 6) is 0.646. The highest BCUT2D eigenvalue weighted by Gasteiger charge is 2.17. The van der Waals surface area contributed by atoms with Crippen LogP contribution < -0.4 is 4.74 Å². The first-order chi connectivity index (χ1) is 7.83. The van der Waals surface area contributed by atoms with Gasteiger partial charge in [-0.3, -0.25) is 0 Å². The lowest BCUT2D eigenvalue weighted by Gasteiger charge is -2.12. The molecule has 0 aliphatic carbocycles.